The molecule has 0 radical (unpaired) electrons. The summed E-state index contributed by atoms with van der Waals surface area (Å²) in [5, 5.41) is 3.66. The van der Waals surface area contributed by atoms with Gasteiger partial charge in [0.2, 0.25) is 0 Å². The SMILES string of the molecule is Cc1cc(C(C)NCC2CCCN(C)C2)c(C)o1. The molecule has 0 aromatic carbocycles. The summed E-state index contributed by atoms with van der Waals surface area (Å²) in [6.45, 7) is 9.88. The van der Waals surface area contributed by atoms with E-state index in [0.717, 1.165) is 24.0 Å². The van der Waals surface area contributed by atoms with Gasteiger partial charge in [-0.2, -0.15) is 0 Å². The van der Waals surface area contributed by atoms with Crippen LogP contribution in [-0.2, 0) is 0 Å². The van der Waals surface area contributed by atoms with E-state index in [1.165, 1.54) is 31.5 Å². The third-order valence-electron chi connectivity index (χ3n) is 3.98. The number of aryl methyl sites for hydroxylation is 2. The third-order valence-corrected chi connectivity index (χ3v) is 3.98. The minimum absolute atomic E-state index is 0.384. The lowest BCUT2D eigenvalue weighted by Crippen LogP contribution is -2.38. The Hall–Kier alpha value is -0.800. The van der Waals surface area contributed by atoms with E-state index in [1.807, 2.05) is 6.92 Å². The van der Waals surface area contributed by atoms with Crippen molar-refractivity contribution in [2.24, 2.45) is 5.92 Å². The molecule has 3 nitrogen and oxygen atoms in total. The fourth-order valence-electron chi connectivity index (χ4n) is 2.97. The lowest BCUT2D eigenvalue weighted by molar-refractivity contribution is 0.203. The Morgan fingerprint density at radius 3 is 2.89 bits per heavy atom. The average Bonchev–Trinajstić information content (AvgIpc) is 2.66. The topological polar surface area (TPSA) is 28.4 Å². The van der Waals surface area contributed by atoms with Crippen LogP contribution in [0, 0.1) is 19.8 Å². The first kappa shape index (κ1) is 13.6. The zero-order chi connectivity index (χ0) is 13.1. The van der Waals surface area contributed by atoms with Gasteiger partial charge in [-0.3, -0.25) is 0 Å². The summed E-state index contributed by atoms with van der Waals surface area (Å²) >= 11 is 0. The van der Waals surface area contributed by atoms with E-state index in [4.69, 9.17) is 4.42 Å². The molecule has 2 unspecified atom stereocenters. The molecule has 2 rings (SSSR count). The maximum atomic E-state index is 5.60. The maximum absolute atomic E-state index is 5.60. The van der Waals surface area contributed by atoms with Crippen molar-refractivity contribution in [2.75, 3.05) is 26.7 Å². The van der Waals surface area contributed by atoms with Crippen molar-refractivity contribution in [3.8, 4) is 0 Å². The van der Waals surface area contributed by atoms with E-state index in [0.29, 0.717) is 6.04 Å². The van der Waals surface area contributed by atoms with E-state index in [-0.39, 0.29) is 0 Å². The molecule has 3 heteroatoms. The van der Waals surface area contributed by atoms with E-state index >= 15 is 0 Å². The van der Waals surface area contributed by atoms with Gasteiger partial charge in [0.1, 0.15) is 11.5 Å². The molecule has 1 aliphatic heterocycles. The smallest absolute Gasteiger partial charge is 0.105 e. The normalized spacial score (nSPS) is 23.2. The summed E-state index contributed by atoms with van der Waals surface area (Å²) in [6.07, 6.45) is 2.69. The monoisotopic (exact) mass is 250 g/mol. The largest absolute Gasteiger partial charge is 0.466 e. The molecule has 1 N–H and O–H groups in total. The molecule has 0 amide bonds. The number of rotatable bonds is 4. The molecule has 0 aliphatic carbocycles. The highest BCUT2D eigenvalue weighted by Crippen LogP contribution is 2.22. The molecule has 1 aromatic rings. The van der Waals surface area contributed by atoms with Gasteiger partial charge in [-0.05, 0) is 65.7 Å². The summed E-state index contributed by atoms with van der Waals surface area (Å²) in [5.74, 6) is 2.85. The standard InChI is InChI=1S/C15H26N2O/c1-11-8-15(13(3)18-11)12(2)16-9-14-6-5-7-17(4)10-14/h8,12,14,16H,5-7,9-10H2,1-4H3. The van der Waals surface area contributed by atoms with Gasteiger partial charge in [0, 0.05) is 18.2 Å². The van der Waals surface area contributed by atoms with E-state index in [1.54, 1.807) is 0 Å². The van der Waals surface area contributed by atoms with Gasteiger partial charge in [0.15, 0.2) is 0 Å². The Labute approximate surface area is 111 Å². The predicted molar refractivity (Wildman–Crippen MR) is 74.8 cm³/mol. The second kappa shape index (κ2) is 5.89. The Kier molecular flexibility index (Phi) is 4.46. The van der Waals surface area contributed by atoms with Gasteiger partial charge >= 0.3 is 0 Å². The van der Waals surface area contributed by atoms with Crippen LogP contribution in [0.2, 0.25) is 0 Å². The number of hydrogen-bond donors (Lipinski definition) is 1. The van der Waals surface area contributed by atoms with Crippen molar-refractivity contribution in [1.82, 2.24) is 10.2 Å². The lowest BCUT2D eigenvalue weighted by Gasteiger charge is -2.30. The Morgan fingerprint density at radius 2 is 2.28 bits per heavy atom. The molecular weight excluding hydrogens is 224 g/mol. The van der Waals surface area contributed by atoms with Crippen molar-refractivity contribution in [2.45, 2.75) is 39.7 Å². The Balaban J connectivity index is 1.84. The predicted octanol–water partition coefficient (Wildman–Crippen LogP) is 2.89. The van der Waals surface area contributed by atoms with Gasteiger partial charge in [0.05, 0.1) is 0 Å². The van der Waals surface area contributed by atoms with Crippen LogP contribution in [0.25, 0.3) is 0 Å². The zero-order valence-corrected chi connectivity index (χ0v) is 12.1. The van der Waals surface area contributed by atoms with Crippen molar-refractivity contribution < 1.29 is 4.42 Å². The molecule has 1 aliphatic rings. The third kappa shape index (κ3) is 3.36. The van der Waals surface area contributed by atoms with Gasteiger partial charge < -0.3 is 14.6 Å². The average molecular weight is 250 g/mol. The highest BCUT2D eigenvalue weighted by molar-refractivity contribution is 5.23. The fourth-order valence-corrected chi connectivity index (χ4v) is 2.97. The highest BCUT2D eigenvalue weighted by Gasteiger charge is 2.19. The van der Waals surface area contributed by atoms with Gasteiger partial charge in [-0.25, -0.2) is 0 Å². The molecule has 2 heterocycles. The van der Waals surface area contributed by atoms with Crippen LogP contribution in [-0.4, -0.2) is 31.6 Å². The second-order valence-corrected chi connectivity index (χ2v) is 5.77. The molecule has 1 fully saturated rings. The summed E-state index contributed by atoms with van der Waals surface area (Å²) in [5.41, 5.74) is 1.30. The summed E-state index contributed by atoms with van der Waals surface area (Å²) in [4.78, 5) is 2.44. The molecule has 0 spiro atoms. The van der Waals surface area contributed by atoms with Crippen LogP contribution < -0.4 is 5.32 Å². The summed E-state index contributed by atoms with van der Waals surface area (Å²) in [6, 6.07) is 2.54. The van der Waals surface area contributed by atoms with Crippen LogP contribution >= 0.6 is 0 Å². The quantitative estimate of drug-likeness (QED) is 0.890. The minimum Gasteiger partial charge on any atom is -0.466 e. The molecule has 2 atom stereocenters. The molecule has 102 valence electrons. The number of furan rings is 1. The van der Waals surface area contributed by atoms with Gasteiger partial charge in [-0.15, -0.1) is 0 Å². The van der Waals surface area contributed by atoms with Crippen LogP contribution in [0.5, 0.6) is 0 Å². The van der Waals surface area contributed by atoms with Crippen molar-refractivity contribution in [3.05, 3.63) is 23.2 Å². The van der Waals surface area contributed by atoms with Crippen LogP contribution in [0.4, 0.5) is 0 Å². The minimum atomic E-state index is 0.384. The van der Waals surface area contributed by atoms with Crippen LogP contribution in [0.3, 0.4) is 0 Å². The lowest BCUT2D eigenvalue weighted by atomic mass is 9.98. The van der Waals surface area contributed by atoms with Crippen molar-refractivity contribution >= 4 is 0 Å². The second-order valence-electron chi connectivity index (χ2n) is 5.77. The first-order valence-electron chi connectivity index (χ1n) is 7.05. The van der Waals surface area contributed by atoms with E-state index in [2.05, 4.69) is 37.2 Å². The molecule has 18 heavy (non-hydrogen) atoms. The highest BCUT2D eigenvalue weighted by atomic mass is 16.3. The van der Waals surface area contributed by atoms with Crippen molar-refractivity contribution in [3.63, 3.8) is 0 Å². The number of likely N-dealkylation sites (tertiary alicyclic amines) is 1. The number of nitrogens with zero attached hydrogens (tertiary/aromatic N) is 1. The first-order chi connectivity index (χ1) is 8.56. The van der Waals surface area contributed by atoms with E-state index in [9.17, 15) is 0 Å². The van der Waals surface area contributed by atoms with Crippen LogP contribution in [0.1, 0.15) is 42.9 Å². The summed E-state index contributed by atoms with van der Waals surface area (Å²) < 4.78 is 5.60. The molecular formula is C15H26N2O. The molecule has 0 saturated carbocycles. The van der Waals surface area contributed by atoms with Gasteiger partial charge in [0.25, 0.3) is 0 Å². The Morgan fingerprint density at radius 1 is 1.50 bits per heavy atom. The molecule has 1 saturated heterocycles. The number of piperidine rings is 1. The maximum Gasteiger partial charge on any atom is 0.105 e. The van der Waals surface area contributed by atoms with Crippen LogP contribution in [0.15, 0.2) is 10.5 Å². The fraction of sp³-hybridized carbons (Fsp3) is 0.733. The van der Waals surface area contributed by atoms with Gasteiger partial charge in [-0.1, -0.05) is 0 Å². The molecule has 0 bridgehead atoms. The number of hydrogen-bond acceptors (Lipinski definition) is 3. The number of nitrogens with one attached hydrogen (secondary N) is 1. The Bertz CT molecular complexity index is 386. The first-order valence-corrected chi connectivity index (χ1v) is 7.05. The zero-order valence-electron chi connectivity index (χ0n) is 12.1. The van der Waals surface area contributed by atoms with E-state index < -0.39 is 0 Å². The summed E-state index contributed by atoms with van der Waals surface area (Å²) in [7, 11) is 2.22. The van der Waals surface area contributed by atoms with Crippen molar-refractivity contribution in [1.29, 1.82) is 0 Å². The molecule has 1 aromatic heterocycles.